The minimum Gasteiger partial charge on any atom is -0.497 e. The van der Waals surface area contributed by atoms with Crippen LogP contribution in [0.3, 0.4) is 0 Å². The molecule has 0 heterocycles. The first-order chi connectivity index (χ1) is 9.48. The maximum Gasteiger partial charge on any atom is 0.232 e. The molecule has 1 atom stereocenters. The van der Waals surface area contributed by atoms with Gasteiger partial charge in [-0.15, -0.1) is 0 Å². The van der Waals surface area contributed by atoms with Crippen LogP contribution in [0, 0.1) is 0 Å². The van der Waals surface area contributed by atoms with Gasteiger partial charge in [-0.2, -0.15) is 0 Å². The molecule has 0 spiro atoms. The normalized spacial score (nSPS) is 18.6. The molecule has 20 heavy (non-hydrogen) atoms. The van der Waals surface area contributed by atoms with Gasteiger partial charge in [-0.3, -0.25) is 4.79 Å². The molecular formula is C16H23NO3. The Morgan fingerprint density at radius 3 is 2.25 bits per heavy atom. The van der Waals surface area contributed by atoms with Gasteiger partial charge in [-0.1, -0.05) is 25.0 Å². The number of ether oxygens (including phenoxy) is 1. The zero-order valence-corrected chi connectivity index (χ0v) is 12.4. The molecule has 2 rings (SSSR count). The third-order valence-electron chi connectivity index (χ3n) is 4.14. The number of carbonyl (C=O) groups is 1. The number of amides is 1. The second-order valence-corrected chi connectivity index (χ2v) is 5.75. The van der Waals surface area contributed by atoms with Crippen LogP contribution in [0.1, 0.15) is 37.2 Å². The molecule has 1 aromatic rings. The van der Waals surface area contributed by atoms with E-state index in [-0.39, 0.29) is 5.91 Å². The smallest absolute Gasteiger partial charge is 0.232 e. The lowest BCUT2D eigenvalue weighted by atomic mass is 9.80. The van der Waals surface area contributed by atoms with Gasteiger partial charge >= 0.3 is 0 Å². The van der Waals surface area contributed by atoms with Crippen molar-refractivity contribution in [3.63, 3.8) is 0 Å². The second kappa shape index (κ2) is 5.83. The SMILES string of the molecule is COc1ccc(C(C(=O)N(C)C)C2(O)CCCC2)cc1. The Morgan fingerprint density at radius 2 is 1.80 bits per heavy atom. The monoisotopic (exact) mass is 277 g/mol. The van der Waals surface area contributed by atoms with Crippen molar-refractivity contribution in [2.45, 2.75) is 37.2 Å². The Kier molecular flexibility index (Phi) is 4.33. The Balaban J connectivity index is 2.37. The Labute approximate surface area is 120 Å². The highest BCUT2D eigenvalue weighted by atomic mass is 16.5. The number of hydrogen-bond donors (Lipinski definition) is 1. The summed E-state index contributed by atoms with van der Waals surface area (Å²) < 4.78 is 5.15. The van der Waals surface area contributed by atoms with Crippen LogP contribution in [-0.4, -0.2) is 42.7 Å². The standard InChI is InChI=1S/C16H23NO3/c1-17(2)15(18)14(16(19)10-4-5-11-16)12-6-8-13(20-3)9-7-12/h6-9,14,19H,4-5,10-11H2,1-3H3. The van der Waals surface area contributed by atoms with E-state index < -0.39 is 11.5 Å². The summed E-state index contributed by atoms with van der Waals surface area (Å²) in [6.07, 6.45) is 3.32. The molecule has 0 saturated heterocycles. The lowest BCUT2D eigenvalue weighted by Gasteiger charge is -2.33. The molecule has 0 radical (unpaired) electrons. The summed E-state index contributed by atoms with van der Waals surface area (Å²) in [6.45, 7) is 0. The van der Waals surface area contributed by atoms with E-state index in [1.54, 1.807) is 26.1 Å². The second-order valence-electron chi connectivity index (χ2n) is 5.75. The third-order valence-corrected chi connectivity index (χ3v) is 4.14. The quantitative estimate of drug-likeness (QED) is 0.917. The van der Waals surface area contributed by atoms with Crippen molar-refractivity contribution >= 4 is 5.91 Å². The molecule has 1 N–H and O–H groups in total. The predicted molar refractivity (Wildman–Crippen MR) is 77.8 cm³/mol. The van der Waals surface area contributed by atoms with Crippen molar-refractivity contribution in [1.29, 1.82) is 0 Å². The average molecular weight is 277 g/mol. The van der Waals surface area contributed by atoms with Crippen LogP contribution in [0.2, 0.25) is 0 Å². The van der Waals surface area contributed by atoms with E-state index in [1.807, 2.05) is 24.3 Å². The number of nitrogens with zero attached hydrogens (tertiary/aromatic N) is 1. The van der Waals surface area contributed by atoms with Gasteiger partial charge in [0, 0.05) is 14.1 Å². The lowest BCUT2D eigenvalue weighted by Crippen LogP contribution is -2.43. The van der Waals surface area contributed by atoms with E-state index in [0.717, 1.165) is 24.2 Å². The van der Waals surface area contributed by atoms with Gasteiger partial charge in [0.25, 0.3) is 0 Å². The highest BCUT2D eigenvalue weighted by Crippen LogP contribution is 2.42. The molecule has 0 aromatic heterocycles. The fourth-order valence-corrected chi connectivity index (χ4v) is 3.01. The van der Waals surface area contributed by atoms with Gasteiger partial charge in [0.1, 0.15) is 5.75 Å². The molecule has 1 aliphatic carbocycles. The summed E-state index contributed by atoms with van der Waals surface area (Å²) in [5, 5.41) is 10.9. The van der Waals surface area contributed by atoms with Gasteiger partial charge < -0.3 is 14.7 Å². The first-order valence-corrected chi connectivity index (χ1v) is 7.05. The van der Waals surface area contributed by atoms with E-state index in [0.29, 0.717) is 12.8 Å². The maximum absolute atomic E-state index is 12.5. The Bertz CT molecular complexity index is 461. The molecular weight excluding hydrogens is 254 g/mol. The fourth-order valence-electron chi connectivity index (χ4n) is 3.01. The van der Waals surface area contributed by atoms with Crippen LogP contribution in [0.4, 0.5) is 0 Å². The van der Waals surface area contributed by atoms with Crippen molar-refractivity contribution < 1.29 is 14.6 Å². The van der Waals surface area contributed by atoms with Crippen LogP contribution in [0.5, 0.6) is 5.75 Å². The first-order valence-electron chi connectivity index (χ1n) is 7.05. The zero-order chi connectivity index (χ0) is 14.8. The predicted octanol–water partition coefficient (Wildman–Crippen LogP) is 2.17. The highest BCUT2D eigenvalue weighted by Gasteiger charge is 2.44. The molecule has 1 aliphatic rings. The van der Waals surface area contributed by atoms with Gasteiger partial charge in [0.15, 0.2) is 0 Å². The molecule has 4 heteroatoms. The number of rotatable bonds is 4. The van der Waals surface area contributed by atoms with Crippen LogP contribution in [0.25, 0.3) is 0 Å². The zero-order valence-electron chi connectivity index (χ0n) is 12.4. The number of hydrogen-bond acceptors (Lipinski definition) is 3. The van der Waals surface area contributed by atoms with Crippen LogP contribution >= 0.6 is 0 Å². The minimum atomic E-state index is -0.921. The van der Waals surface area contributed by atoms with Crippen LogP contribution in [0.15, 0.2) is 24.3 Å². The van der Waals surface area contributed by atoms with E-state index in [4.69, 9.17) is 4.74 Å². The maximum atomic E-state index is 12.5. The van der Waals surface area contributed by atoms with Crippen LogP contribution in [-0.2, 0) is 4.79 Å². The highest BCUT2D eigenvalue weighted by molar-refractivity contribution is 5.85. The van der Waals surface area contributed by atoms with Crippen LogP contribution < -0.4 is 4.74 Å². The average Bonchev–Trinajstić information content (AvgIpc) is 2.87. The van der Waals surface area contributed by atoms with Crippen molar-refractivity contribution in [1.82, 2.24) is 4.90 Å². The molecule has 0 aliphatic heterocycles. The number of carbonyl (C=O) groups excluding carboxylic acids is 1. The summed E-state index contributed by atoms with van der Waals surface area (Å²) in [7, 11) is 5.08. The Hall–Kier alpha value is -1.55. The first kappa shape index (κ1) is 14.9. The van der Waals surface area contributed by atoms with E-state index in [9.17, 15) is 9.90 Å². The molecule has 110 valence electrons. The molecule has 1 amide bonds. The van der Waals surface area contributed by atoms with Crippen molar-refractivity contribution in [3.05, 3.63) is 29.8 Å². The molecule has 1 unspecified atom stereocenters. The van der Waals surface area contributed by atoms with Crippen molar-refractivity contribution in [2.24, 2.45) is 0 Å². The molecule has 1 saturated carbocycles. The van der Waals surface area contributed by atoms with E-state index in [2.05, 4.69) is 0 Å². The van der Waals surface area contributed by atoms with E-state index in [1.165, 1.54) is 0 Å². The molecule has 1 aromatic carbocycles. The minimum absolute atomic E-state index is 0.0421. The number of aliphatic hydroxyl groups is 1. The van der Waals surface area contributed by atoms with Crippen molar-refractivity contribution in [2.75, 3.05) is 21.2 Å². The molecule has 1 fully saturated rings. The topological polar surface area (TPSA) is 49.8 Å². The van der Waals surface area contributed by atoms with Gasteiger partial charge in [-0.25, -0.2) is 0 Å². The van der Waals surface area contributed by atoms with Crippen molar-refractivity contribution in [3.8, 4) is 5.75 Å². The Morgan fingerprint density at radius 1 is 1.25 bits per heavy atom. The summed E-state index contributed by atoms with van der Waals surface area (Å²) in [4.78, 5) is 14.1. The summed E-state index contributed by atoms with van der Waals surface area (Å²) in [5.41, 5.74) is -0.0652. The number of methoxy groups -OCH3 is 1. The summed E-state index contributed by atoms with van der Waals surface area (Å²) in [5.74, 6) is 0.216. The largest absolute Gasteiger partial charge is 0.497 e. The third kappa shape index (κ3) is 2.80. The fraction of sp³-hybridized carbons (Fsp3) is 0.562. The lowest BCUT2D eigenvalue weighted by molar-refractivity contribution is -0.137. The number of benzene rings is 1. The summed E-state index contributed by atoms with van der Waals surface area (Å²) >= 11 is 0. The molecule has 0 bridgehead atoms. The van der Waals surface area contributed by atoms with Gasteiger partial charge in [0.05, 0.1) is 18.6 Å². The van der Waals surface area contributed by atoms with Gasteiger partial charge in [0.2, 0.25) is 5.91 Å². The molecule has 4 nitrogen and oxygen atoms in total. The summed E-state index contributed by atoms with van der Waals surface area (Å²) in [6, 6.07) is 7.43. The van der Waals surface area contributed by atoms with E-state index >= 15 is 0 Å². The number of likely N-dealkylation sites (N-methyl/N-ethyl adjacent to an activating group) is 1. The van der Waals surface area contributed by atoms with Gasteiger partial charge in [-0.05, 0) is 30.5 Å².